The third kappa shape index (κ3) is 43.9. The number of rotatable bonds is 16. The molecule has 0 aliphatic rings. The second-order valence-electron chi connectivity index (χ2n) is 8.53. The van der Waals surface area contributed by atoms with Crippen molar-refractivity contribution < 1.29 is 51.8 Å². The van der Waals surface area contributed by atoms with Crippen molar-refractivity contribution in [1.29, 1.82) is 0 Å². The molecule has 0 radical (unpaired) electrons. The van der Waals surface area contributed by atoms with E-state index in [1.165, 1.54) is 0 Å². The molecular formula is C24H52F4O7. The van der Waals surface area contributed by atoms with Crippen LogP contribution in [0.3, 0.4) is 0 Å². The molecule has 0 heterocycles. The fraction of sp³-hybridized carbons (Fsp3) is 1.00. The average molecular weight is 529 g/mol. The summed E-state index contributed by atoms with van der Waals surface area (Å²) < 4.78 is 66.1. The van der Waals surface area contributed by atoms with Crippen LogP contribution >= 0.6 is 0 Å². The van der Waals surface area contributed by atoms with Gasteiger partial charge in [0, 0.05) is 5.92 Å². The van der Waals surface area contributed by atoms with Gasteiger partial charge in [-0.2, -0.15) is 0 Å². The van der Waals surface area contributed by atoms with E-state index in [0.717, 1.165) is 0 Å². The Bertz CT molecular complexity index is 372. The normalized spacial score (nSPS) is 13.5. The lowest BCUT2D eigenvalue weighted by molar-refractivity contribution is -0.0342. The molecule has 0 aliphatic carbocycles. The van der Waals surface area contributed by atoms with E-state index < -0.39 is 32.2 Å². The van der Waals surface area contributed by atoms with Gasteiger partial charge in [-0.3, -0.25) is 4.39 Å². The molecule has 0 saturated heterocycles. The summed E-state index contributed by atoms with van der Waals surface area (Å²) in [5, 5.41) is 25.5. The summed E-state index contributed by atoms with van der Waals surface area (Å²) in [6.07, 6.45) is -1.27. The average Bonchev–Trinajstić information content (AvgIpc) is 2.81. The largest absolute Gasteiger partial charge is 0.396 e. The van der Waals surface area contributed by atoms with Crippen molar-refractivity contribution in [1.82, 2.24) is 0 Å². The van der Waals surface area contributed by atoms with Gasteiger partial charge >= 0.3 is 0 Å². The first-order valence-electron chi connectivity index (χ1n) is 12.0. The first-order valence-corrected chi connectivity index (χ1v) is 12.0. The highest BCUT2D eigenvalue weighted by atomic mass is 19.1. The SMILES string of the molecule is CC(C)OC(CO)CF.CC(C)OCC(CO)CF.CC(C)OCC(O)CF.CC(C)OCCF. The zero-order valence-electron chi connectivity index (χ0n) is 22.9. The summed E-state index contributed by atoms with van der Waals surface area (Å²) in [5.41, 5.74) is 0. The van der Waals surface area contributed by atoms with Gasteiger partial charge in [0.1, 0.15) is 32.2 Å². The van der Waals surface area contributed by atoms with Crippen molar-refractivity contribution in [3.8, 4) is 0 Å². The van der Waals surface area contributed by atoms with Gasteiger partial charge in [-0.05, 0) is 55.4 Å². The third-order valence-corrected chi connectivity index (χ3v) is 3.31. The molecule has 0 aromatic heterocycles. The van der Waals surface area contributed by atoms with Gasteiger partial charge in [-0.15, -0.1) is 0 Å². The molecule has 0 saturated carbocycles. The number of aliphatic hydroxyl groups is 3. The molecule has 7 nitrogen and oxygen atoms in total. The second kappa shape index (κ2) is 31.5. The van der Waals surface area contributed by atoms with E-state index in [2.05, 4.69) is 0 Å². The van der Waals surface area contributed by atoms with Crippen LogP contribution in [-0.2, 0) is 18.9 Å². The van der Waals surface area contributed by atoms with Gasteiger partial charge in [-0.1, -0.05) is 0 Å². The molecule has 218 valence electrons. The number of hydrogen-bond acceptors (Lipinski definition) is 7. The van der Waals surface area contributed by atoms with Crippen molar-refractivity contribution in [2.75, 3.05) is 59.7 Å². The number of halogens is 4. The third-order valence-electron chi connectivity index (χ3n) is 3.31. The second-order valence-corrected chi connectivity index (χ2v) is 8.53. The molecule has 0 aliphatic heterocycles. The first kappa shape index (κ1) is 41.6. The summed E-state index contributed by atoms with van der Waals surface area (Å²) in [4.78, 5) is 0. The van der Waals surface area contributed by atoms with Crippen LogP contribution in [0.5, 0.6) is 0 Å². The monoisotopic (exact) mass is 528 g/mol. The van der Waals surface area contributed by atoms with E-state index >= 15 is 0 Å². The van der Waals surface area contributed by atoms with Crippen LogP contribution in [-0.4, -0.2) is 112 Å². The summed E-state index contributed by atoms with van der Waals surface area (Å²) in [6.45, 7) is 12.8. The maximum Gasteiger partial charge on any atom is 0.118 e. The Morgan fingerprint density at radius 2 is 1.09 bits per heavy atom. The Kier molecular flexibility index (Phi) is 37.4. The van der Waals surface area contributed by atoms with Crippen molar-refractivity contribution in [3.63, 3.8) is 0 Å². The molecule has 3 atom stereocenters. The van der Waals surface area contributed by atoms with Crippen LogP contribution in [0.15, 0.2) is 0 Å². The number of ether oxygens (including phenoxy) is 4. The Morgan fingerprint density at radius 1 is 0.600 bits per heavy atom. The molecule has 11 heteroatoms. The molecule has 0 fully saturated rings. The van der Waals surface area contributed by atoms with Crippen molar-refractivity contribution in [3.05, 3.63) is 0 Å². The Morgan fingerprint density at radius 3 is 1.31 bits per heavy atom. The molecule has 0 aromatic rings. The predicted octanol–water partition coefficient (Wildman–Crippen LogP) is 3.85. The van der Waals surface area contributed by atoms with Crippen LogP contribution in [0.25, 0.3) is 0 Å². The molecule has 0 bridgehead atoms. The minimum Gasteiger partial charge on any atom is -0.396 e. The van der Waals surface area contributed by atoms with Crippen molar-refractivity contribution in [2.24, 2.45) is 5.92 Å². The highest BCUT2D eigenvalue weighted by molar-refractivity contribution is 4.54. The Balaban J connectivity index is -0.000000184. The molecule has 3 unspecified atom stereocenters. The summed E-state index contributed by atoms with van der Waals surface area (Å²) in [7, 11) is 0. The van der Waals surface area contributed by atoms with Crippen LogP contribution in [0.1, 0.15) is 55.4 Å². The summed E-state index contributed by atoms with van der Waals surface area (Å²) in [6, 6.07) is 0. The lowest BCUT2D eigenvalue weighted by Crippen LogP contribution is -2.23. The quantitative estimate of drug-likeness (QED) is 0.262. The molecule has 3 N–H and O–H groups in total. The lowest BCUT2D eigenvalue weighted by atomic mass is 10.2. The van der Waals surface area contributed by atoms with Crippen LogP contribution in [0.2, 0.25) is 0 Å². The first-order chi connectivity index (χ1) is 16.3. The van der Waals surface area contributed by atoms with Gasteiger partial charge in [-0.25, -0.2) is 13.2 Å². The van der Waals surface area contributed by atoms with Crippen LogP contribution in [0.4, 0.5) is 17.6 Å². The van der Waals surface area contributed by atoms with Crippen LogP contribution < -0.4 is 0 Å². The fourth-order valence-corrected chi connectivity index (χ4v) is 1.62. The van der Waals surface area contributed by atoms with Crippen molar-refractivity contribution >= 4 is 0 Å². The van der Waals surface area contributed by atoms with E-state index in [1.807, 2.05) is 41.5 Å². The molecular weight excluding hydrogens is 476 g/mol. The van der Waals surface area contributed by atoms with Gasteiger partial charge in [0.25, 0.3) is 0 Å². The lowest BCUT2D eigenvalue weighted by Gasteiger charge is -2.13. The minimum atomic E-state index is -0.951. The van der Waals surface area contributed by atoms with Crippen molar-refractivity contribution in [2.45, 2.75) is 92.0 Å². The summed E-state index contributed by atoms with van der Waals surface area (Å²) in [5.74, 6) is -0.345. The molecule has 0 spiro atoms. The number of hydrogen-bond donors (Lipinski definition) is 3. The van der Waals surface area contributed by atoms with E-state index in [1.54, 1.807) is 13.8 Å². The minimum absolute atomic E-state index is 0.0158. The number of alkyl halides is 4. The highest BCUT2D eigenvalue weighted by Crippen LogP contribution is 1.99. The molecule has 0 rings (SSSR count). The molecule has 35 heavy (non-hydrogen) atoms. The smallest absolute Gasteiger partial charge is 0.118 e. The van der Waals surface area contributed by atoms with Gasteiger partial charge < -0.3 is 34.3 Å². The van der Waals surface area contributed by atoms with Gasteiger partial charge in [0.05, 0.1) is 64.1 Å². The van der Waals surface area contributed by atoms with E-state index in [-0.39, 0.29) is 63.4 Å². The maximum atomic E-state index is 11.9. The maximum absolute atomic E-state index is 11.9. The fourth-order valence-electron chi connectivity index (χ4n) is 1.62. The molecule has 0 amide bonds. The Labute approximate surface area is 210 Å². The zero-order chi connectivity index (χ0) is 28.2. The standard InChI is InChI=1S/C7H15FO2.2C6H13FO2.C5H11FO/c1-6(2)10-5-7(3-8)4-9;1-5(2)9-4-6(8)3-7;1-5(2)9-6(3-7)4-8;1-5(2)7-4-3-6/h6-7,9H,3-5H2,1-2H3;2*5-6,8H,3-4H2,1-2H3;5H,3-4H2,1-2H3. The number of aliphatic hydroxyl groups excluding tert-OH is 3. The van der Waals surface area contributed by atoms with E-state index in [9.17, 15) is 17.6 Å². The Hall–Kier alpha value is -0.560. The topological polar surface area (TPSA) is 97.6 Å². The van der Waals surface area contributed by atoms with Crippen LogP contribution in [0, 0.1) is 5.92 Å². The molecule has 0 aromatic carbocycles. The van der Waals surface area contributed by atoms with E-state index in [0.29, 0.717) is 6.61 Å². The van der Waals surface area contributed by atoms with Gasteiger partial charge in [0.2, 0.25) is 0 Å². The summed E-state index contributed by atoms with van der Waals surface area (Å²) >= 11 is 0. The van der Waals surface area contributed by atoms with E-state index in [4.69, 9.17) is 34.3 Å². The van der Waals surface area contributed by atoms with Gasteiger partial charge in [0.15, 0.2) is 0 Å². The predicted molar refractivity (Wildman–Crippen MR) is 131 cm³/mol. The zero-order valence-corrected chi connectivity index (χ0v) is 22.9. The highest BCUT2D eigenvalue weighted by Gasteiger charge is 2.08.